The second-order valence-electron chi connectivity index (χ2n) is 20.4. The summed E-state index contributed by atoms with van der Waals surface area (Å²) in [5.41, 5.74) is 20.2. The minimum absolute atomic E-state index is 0.256. The first-order valence-electron chi connectivity index (χ1n) is 24.9. The van der Waals surface area contributed by atoms with Crippen LogP contribution in [0.25, 0.3) is 0 Å². The highest BCUT2D eigenvalue weighted by atomic mass is 16.3. The molecule has 0 saturated heterocycles. The van der Waals surface area contributed by atoms with Gasteiger partial charge in [-0.1, -0.05) is 197 Å². The van der Waals surface area contributed by atoms with Gasteiger partial charge in [0.15, 0.2) is 0 Å². The van der Waals surface area contributed by atoms with Crippen molar-refractivity contribution in [3.63, 3.8) is 0 Å². The molecule has 0 radical (unpaired) electrons. The maximum atomic E-state index is 9.75. The van der Waals surface area contributed by atoms with E-state index in [-0.39, 0.29) is 11.5 Å². The van der Waals surface area contributed by atoms with E-state index in [2.05, 4.69) is 203 Å². The Morgan fingerprint density at radius 3 is 1.73 bits per heavy atom. The quantitative estimate of drug-likeness (QED) is 0.173. The zero-order valence-corrected chi connectivity index (χ0v) is 44.9. The predicted molar refractivity (Wildman–Crippen MR) is 291 cm³/mol. The summed E-state index contributed by atoms with van der Waals surface area (Å²) in [7, 11) is 0. The Hall–Kier alpha value is -3.94. The zero-order chi connectivity index (χ0) is 48.6. The minimum atomic E-state index is -0.329. The van der Waals surface area contributed by atoms with Gasteiger partial charge in [0.25, 0.3) is 0 Å². The highest BCUT2D eigenvalue weighted by Crippen LogP contribution is 2.44. The Bertz CT molecular complexity index is 1990. The number of rotatable bonds is 14. The molecule has 0 fully saturated rings. The fourth-order valence-corrected chi connectivity index (χ4v) is 8.50. The molecular formula is C63H96O. The summed E-state index contributed by atoms with van der Waals surface area (Å²) in [6.45, 7) is 42.2. The van der Waals surface area contributed by atoms with Gasteiger partial charge in [-0.05, 0) is 191 Å². The molecule has 3 aliphatic rings. The number of aliphatic hydroxyl groups excluding tert-OH is 1. The third-order valence-corrected chi connectivity index (χ3v) is 13.7. The molecule has 0 aromatic heterocycles. The Morgan fingerprint density at radius 2 is 1.16 bits per heavy atom. The van der Waals surface area contributed by atoms with Crippen LogP contribution in [0.1, 0.15) is 196 Å². The van der Waals surface area contributed by atoms with E-state index in [0.29, 0.717) is 5.41 Å². The monoisotopic (exact) mass is 869 g/mol. The lowest BCUT2D eigenvalue weighted by Gasteiger charge is -2.36. The van der Waals surface area contributed by atoms with Crippen LogP contribution in [-0.4, -0.2) is 11.2 Å². The molecule has 2 atom stereocenters. The lowest BCUT2D eigenvalue weighted by atomic mass is 9.69. The number of allylic oxidation sites excluding steroid dienone is 29. The first-order valence-corrected chi connectivity index (χ1v) is 24.9. The minimum Gasteiger partial charge on any atom is -0.389 e. The van der Waals surface area contributed by atoms with Gasteiger partial charge >= 0.3 is 0 Å². The van der Waals surface area contributed by atoms with E-state index >= 15 is 0 Å². The Kier molecular flexibility index (Phi) is 26.8. The van der Waals surface area contributed by atoms with Crippen molar-refractivity contribution in [2.24, 2.45) is 16.7 Å². The molecule has 354 valence electrons. The van der Waals surface area contributed by atoms with Gasteiger partial charge in [-0.2, -0.15) is 0 Å². The van der Waals surface area contributed by atoms with Gasteiger partial charge in [-0.3, -0.25) is 0 Å². The molecule has 1 N–H and O–H groups in total. The molecule has 0 aliphatic heterocycles. The highest BCUT2D eigenvalue weighted by Gasteiger charge is 2.30. The lowest BCUT2D eigenvalue weighted by molar-refractivity contribution is 0.206. The zero-order valence-electron chi connectivity index (χ0n) is 44.9. The third kappa shape index (κ3) is 21.4. The summed E-state index contributed by atoms with van der Waals surface area (Å²) in [5, 5.41) is 9.75. The molecule has 1 nitrogen and oxygen atoms in total. The molecule has 64 heavy (non-hydrogen) atoms. The van der Waals surface area contributed by atoms with Gasteiger partial charge in [0, 0.05) is 0 Å². The van der Waals surface area contributed by atoms with E-state index in [1.165, 1.54) is 106 Å². The molecule has 0 spiro atoms. The van der Waals surface area contributed by atoms with Gasteiger partial charge < -0.3 is 5.11 Å². The van der Waals surface area contributed by atoms with Crippen LogP contribution in [0.5, 0.6) is 0 Å². The molecule has 0 saturated carbocycles. The first-order chi connectivity index (χ1) is 30.0. The summed E-state index contributed by atoms with van der Waals surface area (Å²) in [6.07, 6.45) is 46.6. The highest BCUT2D eigenvalue weighted by molar-refractivity contribution is 5.44. The van der Waals surface area contributed by atoms with Gasteiger partial charge in [-0.25, -0.2) is 0 Å². The summed E-state index contributed by atoms with van der Waals surface area (Å²) >= 11 is 0. The fraction of sp³-hybridized carbons (Fsp3) is 0.524. The topological polar surface area (TPSA) is 20.2 Å². The average molecular weight is 869 g/mol. The maximum Gasteiger partial charge on any atom is 0.0747 e. The summed E-state index contributed by atoms with van der Waals surface area (Å²) in [5.74, 6) is 0.721. The second-order valence-corrected chi connectivity index (χ2v) is 20.4. The van der Waals surface area contributed by atoms with E-state index in [9.17, 15) is 5.11 Å². The van der Waals surface area contributed by atoms with Crippen molar-refractivity contribution >= 4 is 0 Å². The molecule has 3 aliphatic carbocycles. The van der Waals surface area contributed by atoms with Crippen molar-refractivity contribution in [2.75, 3.05) is 0 Å². The second kappa shape index (κ2) is 29.6. The van der Waals surface area contributed by atoms with Crippen LogP contribution < -0.4 is 0 Å². The Morgan fingerprint density at radius 1 is 0.625 bits per heavy atom. The van der Waals surface area contributed by atoms with Crippen molar-refractivity contribution in [2.45, 2.75) is 202 Å². The lowest BCUT2D eigenvalue weighted by Crippen LogP contribution is -2.23. The number of hydrogen-bond donors (Lipinski definition) is 1. The van der Waals surface area contributed by atoms with Crippen molar-refractivity contribution < 1.29 is 5.11 Å². The van der Waals surface area contributed by atoms with Gasteiger partial charge in [0.1, 0.15) is 0 Å². The third-order valence-electron chi connectivity index (χ3n) is 13.7. The van der Waals surface area contributed by atoms with Gasteiger partial charge in [0.2, 0.25) is 0 Å². The predicted octanol–water partition coefficient (Wildman–Crippen LogP) is 19.8. The summed E-state index contributed by atoms with van der Waals surface area (Å²) in [6, 6.07) is 0. The van der Waals surface area contributed by atoms with Crippen molar-refractivity contribution in [1.29, 1.82) is 0 Å². The van der Waals surface area contributed by atoms with Crippen LogP contribution in [0.15, 0.2) is 175 Å². The molecule has 2 unspecified atom stereocenters. The molecule has 0 heterocycles. The Balaban J connectivity index is 0.000000482. The van der Waals surface area contributed by atoms with E-state index in [4.69, 9.17) is 0 Å². The molecule has 3 rings (SSSR count). The molecule has 0 aromatic rings. The number of hydrogen-bond acceptors (Lipinski definition) is 1. The molecule has 1 heteroatoms. The standard InChI is InChI=1S/C22H34O.C22H34.C19H28/c1-8-21(23)18(4)11-9-10-16(2)12-13-20-19(5)17(3)14-15-22(20,6)7;1-8-10-17(2)11-9-12-18(3)13-14-21-20(5)19(4)15-16-22(21,6)7;1-6-9-15(2)10-7-11-16(3)14-19-13-8-12-17(4)18(19)5/h9-13,21,23H,8,14-15H2,1-7H3;9-14,19H,8,15-16H2,1-7H3;7,9-11,14H,6,8,12-13H2,1-5H3/b10-9+,16-12+,18-11+,20-13+;11-9+,14-13+,17-10+,18-12+;10-7+,15-9+,16-11+,19-14+. The first kappa shape index (κ1) is 58.1. The normalized spacial score (nSPS) is 22.7. The van der Waals surface area contributed by atoms with Crippen molar-refractivity contribution in [3.8, 4) is 0 Å². The average Bonchev–Trinajstić information content (AvgIpc) is 3.22. The van der Waals surface area contributed by atoms with Gasteiger partial charge in [-0.15, -0.1) is 0 Å². The maximum absolute atomic E-state index is 9.75. The van der Waals surface area contributed by atoms with Gasteiger partial charge in [0.05, 0.1) is 6.10 Å². The van der Waals surface area contributed by atoms with Crippen LogP contribution >= 0.6 is 0 Å². The van der Waals surface area contributed by atoms with Crippen LogP contribution in [0.2, 0.25) is 0 Å². The molecule has 0 aromatic carbocycles. The smallest absolute Gasteiger partial charge is 0.0747 e. The fourth-order valence-electron chi connectivity index (χ4n) is 8.50. The molecule has 0 bridgehead atoms. The molecule has 0 amide bonds. The van der Waals surface area contributed by atoms with E-state index in [0.717, 1.165) is 30.8 Å². The van der Waals surface area contributed by atoms with Crippen molar-refractivity contribution in [3.05, 3.63) is 175 Å². The van der Waals surface area contributed by atoms with E-state index < -0.39 is 0 Å². The van der Waals surface area contributed by atoms with E-state index in [1.54, 1.807) is 11.1 Å². The van der Waals surface area contributed by atoms with Crippen LogP contribution in [0, 0.1) is 16.7 Å². The van der Waals surface area contributed by atoms with Crippen LogP contribution in [-0.2, 0) is 0 Å². The van der Waals surface area contributed by atoms with Crippen LogP contribution in [0.3, 0.4) is 0 Å². The Labute approximate surface area is 397 Å². The van der Waals surface area contributed by atoms with Crippen molar-refractivity contribution in [1.82, 2.24) is 0 Å². The van der Waals surface area contributed by atoms with E-state index in [1.807, 2.05) is 26.0 Å². The summed E-state index contributed by atoms with van der Waals surface area (Å²) in [4.78, 5) is 0. The molecular weight excluding hydrogens is 773 g/mol. The SMILES string of the molecule is CC/C=C(C)/C=C/C=C(C)/C=C/C1=C(C)C(C)CCC1(C)C.CC/C=C(C)/C=C/C=C(C)/C=C1\CCCC(C)=C1C.CCC(O)/C(C)=C/C=C/C(C)=C/C=C1\C(C)=C(C)CCC1(C)C. The summed E-state index contributed by atoms with van der Waals surface area (Å²) < 4.78 is 0. The van der Waals surface area contributed by atoms with Crippen LogP contribution in [0.4, 0.5) is 0 Å². The largest absolute Gasteiger partial charge is 0.389 e. The number of aliphatic hydroxyl groups is 1.